The zero-order valence-electron chi connectivity index (χ0n) is 10.4. The average Bonchev–Trinajstić information content (AvgIpc) is 2.68. The molecule has 1 saturated heterocycles. The molecule has 1 heterocycles. The minimum Gasteiger partial charge on any atom is -0.368 e. The molecule has 0 amide bonds. The van der Waals surface area contributed by atoms with Crippen molar-refractivity contribution in [2.75, 3.05) is 6.61 Å². The average molecular weight is 280 g/mol. The van der Waals surface area contributed by atoms with Gasteiger partial charge in [-0.2, -0.15) is 13.2 Å². The zero-order chi connectivity index (χ0) is 14.4. The van der Waals surface area contributed by atoms with Crippen molar-refractivity contribution in [1.82, 2.24) is 0 Å². The van der Waals surface area contributed by atoms with Crippen molar-refractivity contribution < 1.29 is 26.7 Å². The van der Waals surface area contributed by atoms with Crippen molar-refractivity contribution in [3.8, 4) is 0 Å². The van der Waals surface area contributed by atoms with Crippen LogP contribution >= 0.6 is 0 Å². The van der Waals surface area contributed by atoms with Crippen molar-refractivity contribution >= 4 is 0 Å². The van der Waals surface area contributed by atoms with E-state index in [4.69, 9.17) is 4.74 Å². The number of hydrogen-bond donors (Lipinski definition) is 0. The van der Waals surface area contributed by atoms with Crippen LogP contribution in [-0.2, 0) is 4.74 Å². The molecule has 6 heteroatoms. The van der Waals surface area contributed by atoms with Gasteiger partial charge in [0.05, 0.1) is 6.61 Å². The Hall–Kier alpha value is -1.17. The summed E-state index contributed by atoms with van der Waals surface area (Å²) in [6.07, 6.45) is -6.30. The molecule has 1 aromatic rings. The van der Waals surface area contributed by atoms with Crippen LogP contribution in [0.3, 0.4) is 0 Å². The van der Waals surface area contributed by atoms with Crippen LogP contribution in [0.5, 0.6) is 0 Å². The lowest BCUT2D eigenvalue weighted by atomic mass is 9.84. The van der Waals surface area contributed by atoms with Gasteiger partial charge in [0.15, 0.2) is 17.7 Å². The van der Waals surface area contributed by atoms with Crippen molar-refractivity contribution in [3.63, 3.8) is 0 Å². The Bertz CT molecular complexity index is 483. The molecule has 0 saturated carbocycles. The predicted octanol–water partition coefficient (Wildman–Crippen LogP) is 3.95. The van der Waals surface area contributed by atoms with Crippen molar-refractivity contribution in [2.24, 2.45) is 5.92 Å². The highest BCUT2D eigenvalue weighted by atomic mass is 19.4. The largest absolute Gasteiger partial charge is 0.414 e. The van der Waals surface area contributed by atoms with Gasteiger partial charge in [0.2, 0.25) is 0 Å². The molecule has 19 heavy (non-hydrogen) atoms. The van der Waals surface area contributed by atoms with Crippen molar-refractivity contribution in [2.45, 2.75) is 32.0 Å². The molecule has 0 N–H and O–H groups in total. The van der Waals surface area contributed by atoms with Gasteiger partial charge >= 0.3 is 6.18 Å². The maximum atomic E-state index is 13.5. The lowest BCUT2D eigenvalue weighted by molar-refractivity contribution is -0.215. The lowest BCUT2D eigenvalue weighted by Crippen LogP contribution is -2.33. The Kier molecular flexibility index (Phi) is 3.55. The van der Waals surface area contributed by atoms with Crippen LogP contribution in [0.15, 0.2) is 12.1 Å². The second-order valence-electron chi connectivity index (χ2n) is 4.84. The van der Waals surface area contributed by atoms with E-state index in [1.807, 2.05) is 0 Å². The SMILES string of the molecule is Cc1c(C2COC(C(F)(F)F)C2C)ccc(F)c1F. The number of hydrogen-bond acceptors (Lipinski definition) is 1. The standard InChI is InChI=1S/C13H13F5O/c1-6-8(3-4-10(14)11(6)15)9-5-19-12(7(9)2)13(16,17)18/h3-4,7,9,12H,5H2,1-2H3. The van der Waals surface area contributed by atoms with Crippen molar-refractivity contribution in [1.29, 1.82) is 0 Å². The fourth-order valence-corrected chi connectivity index (χ4v) is 2.56. The number of alkyl halides is 3. The normalized spacial score (nSPS) is 27.8. The molecule has 0 radical (unpaired) electrons. The molecule has 1 fully saturated rings. The first-order valence-electron chi connectivity index (χ1n) is 5.86. The monoisotopic (exact) mass is 280 g/mol. The van der Waals surface area contributed by atoms with E-state index in [0.717, 1.165) is 6.07 Å². The molecule has 0 aromatic heterocycles. The Morgan fingerprint density at radius 1 is 1.21 bits per heavy atom. The summed E-state index contributed by atoms with van der Waals surface area (Å²) in [6.45, 7) is 2.63. The Labute approximate surface area is 107 Å². The molecule has 0 aliphatic carbocycles. The summed E-state index contributed by atoms with van der Waals surface area (Å²) in [5.41, 5.74) is 0.418. The van der Waals surface area contributed by atoms with Crippen LogP contribution in [-0.4, -0.2) is 18.9 Å². The highest BCUT2D eigenvalue weighted by Crippen LogP contribution is 2.43. The summed E-state index contributed by atoms with van der Waals surface area (Å²) < 4.78 is 69.3. The summed E-state index contributed by atoms with van der Waals surface area (Å²) in [5.74, 6) is -3.43. The highest BCUT2D eigenvalue weighted by molar-refractivity contribution is 5.33. The number of ether oxygens (including phenoxy) is 1. The first-order chi connectivity index (χ1) is 8.73. The third kappa shape index (κ3) is 2.45. The van der Waals surface area contributed by atoms with Gasteiger partial charge in [-0.3, -0.25) is 0 Å². The molecular weight excluding hydrogens is 267 g/mol. The molecule has 0 bridgehead atoms. The van der Waals surface area contributed by atoms with E-state index in [9.17, 15) is 22.0 Å². The molecule has 106 valence electrons. The molecule has 1 aliphatic heterocycles. The van der Waals surface area contributed by atoms with E-state index in [1.165, 1.54) is 19.9 Å². The van der Waals surface area contributed by atoms with Crippen LogP contribution < -0.4 is 0 Å². The maximum absolute atomic E-state index is 13.5. The fraction of sp³-hybridized carbons (Fsp3) is 0.538. The van der Waals surface area contributed by atoms with Crippen LogP contribution in [0, 0.1) is 24.5 Å². The Balaban J connectivity index is 2.33. The molecule has 3 atom stereocenters. The number of benzene rings is 1. The van der Waals surface area contributed by atoms with Crippen molar-refractivity contribution in [3.05, 3.63) is 34.9 Å². The smallest absolute Gasteiger partial charge is 0.368 e. The van der Waals surface area contributed by atoms with Gasteiger partial charge in [-0.1, -0.05) is 13.0 Å². The van der Waals surface area contributed by atoms with Gasteiger partial charge < -0.3 is 4.74 Å². The van der Waals surface area contributed by atoms with Crippen LogP contribution in [0.1, 0.15) is 24.0 Å². The van der Waals surface area contributed by atoms with E-state index >= 15 is 0 Å². The van der Waals surface area contributed by atoms with Gasteiger partial charge in [-0.05, 0) is 24.1 Å². The second kappa shape index (κ2) is 4.74. The number of halogens is 5. The van der Waals surface area contributed by atoms with Crippen LogP contribution in [0.25, 0.3) is 0 Å². The zero-order valence-corrected chi connectivity index (χ0v) is 10.4. The van der Waals surface area contributed by atoms with E-state index in [0.29, 0.717) is 5.56 Å². The fourth-order valence-electron chi connectivity index (χ4n) is 2.56. The Morgan fingerprint density at radius 3 is 2.37 bits per heavy atom. The minimum absolute atomic E-state index is 0.0447. The quantitative estimate of drug-likeness (QED) is 0.708. The summed E-state index contributed by atoms with van der Waals surface area (Å²) in [4.78, 5) is 0. The summed E-state index contributed by atoms with van der Waals surface area (Å²) >= 11 is 0. The predicted molar refractivity (Wildman–Crippen MR) is 58.8 cm³/mol. The van der Waals surface area contributed by atoms with Crippen LogP contribution in [0.4, 0.5) is 22.0 Å². The number of rotatable bonds is 1. The minimum atomic E-state index is -4.44. The maximum Gasteiger partial charge on any atom is 0.414 e. The molecule has 2 rings (SSSR count). The lowest BCUT2D eigenvalue weighted by Gasteiger charge is -2.22. The van der Waals surface area contributed by atoms with E-state index < -0.39 is 35.8 Å². The third-order valence-electron chi connectivity index (χ3n) is 3.67. The van der Waals surface area contributed by atoms with E-state index in [2.05, 4.69) is 0 Å². The topological polar surface area (TPSA) is 9.23 Å². The molecule has 1 aliphatic rings. The van der Waals surface area contributed by atoms with Gasteiger partial charge in [0.1, 0.15) is 0 Å². The van der Waals surface area contributed by atoms with E-state index in [-0.39, 0.29) is 12.2 Å². The molecule has 0 spiro atoms. The van der Waals surface area contributed by atoms with Gasteiger partial charge in [-0.25, -0.2) is 8.78 Å². The third-order valence-corrected chi connectivity index (χ3v) is 3.67. The second-order valence-corrected chi connectivity index (χ2v) is 4.84. The molecule has 1 nitrogen and oxygen atoms in total. The summed E-state index contributed by atoms with van der Waals surface area (Å²) in [7, 11) is 0. The summed E-state index contributed by atoms with van der Waals surface area (Å²) in [5, 5.41) is 0. The highest BCUT2D eigenvalue weighted by Gasteiger charge is 2.51. The first-order valence-corrected chi connectivity index (χ1v) is 5.86. The van der Waals surface area contributed by atoms with E-state index in [1.54, 1.807) is 0 Å². The van der Waals surface area contributed by atoms with Crippen LogP contribution in [0.2, 0.25) is 0 Å². The summed E-state index contributed by atoms with van der Waals surface area (Å²) in [6, 6.07) is 2.27. The first kappa shape index (κ1) is 14.2. The van der Waals surface area contributed by atoms with Gasteiger partial charge in [-0.15, -0.1) is 0 Å². The molecule has 1 aromatic carbocycles. The van der Waals surface area contributed by atoms with Gasteiger partial charge in [0, 0.05) is 11.8 Å². The Morgan fingerprint density at radius 2 is 1.84 bits per heavy atom. The van der Waals surface area contributed by atoms with Gasteiger partial charge in [0.25, 0.3) is 0 Å². The molecule has 3 unspecified atom stereocenters. The molecular formula is C13H13F5O.